The molecule has 2 fully saturated rings. The standard InChI is InChI=1S/C16H18FNO3/c1-8-2-5-11(7-12(8)17)18-15(19)13-9-3-4-10(6-9)14(13)16(20)21/h2,5,7,9-10,13-14H,3-4,6H2,1H3,(H,18,19)(H,20,21)/p-1/t9-,10-,13-,14-/m0/s1. The number of carbonyl (C=O) groups excluding carboxylic acids is 2. The molecule has 0 radical (unpaired) electrons. The summed E-state index contributed by atoms with van der Waals surface area (Å²) in [6.45, 7) is 1.64. The van der Waals surface area contributed by atoms with Crippen LogP contribution in [-0.2, 0) is 9.59 Å². The molecule has 4 nitrogen and oxygen atoms in total. The van der Waals surface area contributed by atoms with Gasteiger partial charge in [0.15, 0.2) is 0 Å². The van der Waals surface area contributed by atoms with E-state index in [0.29, 0.717) is 11.3 Å². The van der Waals surface area contributed by atoms with E-state index < -0.39 is 23.6 Å². The fraction of sp³-hybridized carbons (Fsp3) is 0.500. The number of hydrogen-bond donors (Lipinski definition) is 1. The highest BCUT2D eigenvalue weighted by atomic mass is 19.1. The maximum Gasteiger partial charge on any atom is 0.228 e. The van der Waals surface area contributed by atoms with E-state index in [2.05, 4.69) is 5.32 Å². The first-order valence-electron chi connectivity index (χ1n) is 7.25. The number of benzene rings is 1. The molecule has 112 valence electrons. The predicted octanol–water partition coefficient (Wildman–Crippen LogP) is 1.48. The van der Waals surface area contributed by atoms with Gasteiger partial charge < -0.3 is 15.2 Å². The smallest absolute Gasteiger partial charge is 0.228 e. The van der Waals surface area contributed by atoms with Crippen LogP contribution in [0.5, 0.6) is 0 Å². The average Bonchev–Trinajstić information content (AvgIpc) is 3.03. The Bertz CT molecular complexity index is 601. The molecule has 1 aromatic carbocycles. The molecular formula is C16H17FNO3-. The number of carboxylic acid groups (broad SMARTS) is 1. The highest BCUT2D eigenvalue weighted by molar-refractivity contribution is 5.95. The quantitative estimate of drug-likeness (QED) is 0.917. The van der Waals surface area contributed by atoms with Crippen molar-refractivity contribution in [2.24, 2.45) is 23.7 Å². The molecule has 4 atom stereocenters. The summed E-state index contributed by atoms with van der Waals surface area (Å²) >= 11 is 0. The first-order valence-corrected chi connectivity index (χ1v) is 7.25. The number of aryl methyl sites for hydroxylation is 1. The minimum Gasteiger partial charge on any atom is -0.550 e. The summed E-state index contributed by atoms with van der Waals surface area (Å²) in [4.78, 5) is 23.7. The van der Waals surface area contributed by atoms with E-state index in [1.54, 1.807) is 19.1 Å². The minimum atomic E-state index is -1.14. The van der Waals surface area contributed by atoms with Crippen LogP contribution in [0.4, 0.5) is 10.1 Å². The molecule has 0 spiro atoms. The van der Waals surface area contributed by atoms with Gasteiger partial charge in [0.05, 0.1) is 0 Å². The summed E-state index contributed by atoms with van der Waals surface area (Å²) < 4.78 is 13.5. The molecule has 2 aliphatic rings. The first-order chi connectivity index (χ1) is 9.97. The Morgan fingerprint density at radius 2 is 1.90 bits per heavy atom. The van der Waals surface area contributed by atoms with Crippen molar-refractivity contribution in [3.8, 4) is 0 Å². The number of fused-ring (bicyclic) bond motifs is 2. The number of aliphatic carboxylic acids is 1. The number of carboxylic acids is 1. The number of nitrogens with one attached hydrogen (secondary N) is 1. The second kappa shape index (κ2) is 5.13. The molecule has 1 N–H and O–H groups in total. The molecule has 0 aliphatic heterocycles. The van der Waals surface area contributed by atoms with E-state index in [1.165, 1.54) is 6.07 Å². The Morgan fingerprint density at radius 1 is 1.24 bits per heavy atom. The van der Waals surface area contributed by atoms with Crippen molar-refractivity contribution in [3.05, 3.63) is 29.6 Å². The highest BCUT2D eigenvalue weighted by Gasteiger charge is 2.51. The molecule has 21 heavy (non-hydrogen) atoms. The van der Waals surface area contributed by atoms with Gasteiger partial charge >= 0.3 is 0 Å². The van der Waals surface area contributed by atoms with Gasteiger partial charge in [-0.05, 0) is 55.7 Å². The third-order valence-electron chi connectivity index (χ3n) is 4.93. The van der Waals surface area contributed by atoms with Crippen LogP contribution in [0.2, 0.25) is 0 Å². The van der Waals surface area contributed by atoms with Crippen molar-refractivity contribution in [1.82, 2.24) is 0 Å². The fourth-order valence-electron chi connectivity index (χ4n) is 3.90. The number of anilines is 1. The van der Waals surface area contributed by atoms with Crippen molar-refractivity contribution in [2.75, 3.05) is 5.32 Å². The van der Waals surface area contributed by atoms with Crippen LogP contribution in [0, 0.1) is 36.4 Å². The summed E-state index contributed by atoms with van der Waals surface area (Å²) in [5.74, 6) is -2.98. The van der Waals surface area contributed by atoms with Gasteiger partial charge in [0, 0.05) is 23.5 Å². The normalized spacial score (nSPS) is 30.4. The number of amides is 1. The lowest BCUT2D eigenvalue weighted by Gasteiger charge is -2.30. The molecule has 0 heterocycles. The third-order valence-corrected chi connectivity index (χ3v) is 4.93. The lowest BCUT2D eigenvalue weighted by atomic mass is 9.78. The van der Waals surface area contributed by atoms with Crippen LogP contribution in [0.1, 0.15) is 24.8 Å². The van der Waals surface area contributed by atoms with Gasteiger partial charge in [-0.15, -0.1) is 0 Å². The van der Waals surface area contributed by atoms with Crippen LogP contribution < -0.4 is 10.4 Å². The summed E-state index contributed by atoms with van der Waals surface area (Å²) in [6.07, 6.45) is 2.51. The molecule has 2 bridgehead atoms. The van der Waals surface area contributed by atoms with Gasteiger partial charge in [0.2, 0.25) is 5.91 Å². The Kier molecular flexibility index (Phi) is 3.43. The van der Waals surface area contributed by atoms with Gasteiger partial charge in [0.25, 0.3) is 0 Å². The zero-order valence-electron chi connectivity index (χ0n) is 11.8. The van der Waals surface area contributed by atoms with Crippen molar-refractivity contribution < 1.29 is 19.1 Å². The van der Waals surface area contributed by atoms with E-state index in [-0.39, 0.29) is 17.7 Å². The van der Waals surface area contributed by atoms with Crippen LogP contribution in [0.25, 0.3) is 0 Å². The zero-order valence-corrected chi connectivity index (χ0v) is 11.8. The molecule has 1 amide bonds. The Hall–Kier alpha value is -1.91. The Morgan fingerprint density at radius 3 is 2.52 bits per heavy atom. The van der Waals surface area contributed by atoms with E-state index in [9.17, 15) is 19.1 Å². The second-order valence-corrected chi connectivity index (χ2v) is 6.16. The van der Waals surface area contributed by atoms with Crippen LogP contribution in [0.3, 0.4) is 0 Å². The van der Waals surface area contributed by atoms with E-state index in [0.717, 1.165) is 19.3 Å². The van der Waals surface area contributed by atoms with Crippen molar-refractivity contribution in [2.45, 2.75) is 26.2 Å². The first kappa shape index (κ1) is 14.0. The van der Waals surface area contributed by atoms with Gasteiger partial charge in [0.1, 0.15) is 5.82 Å². The monoisotopic (exact) mass is 290 g/mol. The molecule has 2 saturated carbocycles. The summed E-state index contributed by atoms with van der Waals surface area (Å²) in [6, 6.07) is 4.47. The molecule has 0 aromatic heterocycles. The number of rotatable bonds is 3. The van der Waals surface area contributed by atoms with Crippen LogP contribution >= 0.6 is 0 Å². The summed E-state index contributed by atoms with van der Waals surface area (Å²) in [5.41, 5.74) is 0.864. The topological polar surface area (TPSA) is 69.2 Å². The summed E-state index contributed by atoms with van der Waals surface area (Å²) in [7, 11) is 0. The Labute approximate surface area is 122 Å². The molecule has 1 aromatic rings. The maximum atomic E-state index is 13.5. The van der Waals surface area contributed by atoms with Crippen molar-refractivity contribution in [1.29, 1.82) is 0 Å². The molecule has 0 unspecified atom stereocenters. The van der Waals surface area contributed by atoms with Gasteiger partial charge in [-0.2, -0.15) is 0 Å². The fourth-order valence-corrected chi connectivity index (χ4v) is 3.90. The number of carbonyl (C=O) groups is 2. The van der Waals surface area contributed by atoms with E-state index in [1.807, 2.05) is 0 Å². The largest absolute Gasteiger partial charge is 0.550 e. The van der Waals surface area contributed by atoms with Gasteiger partial charge in [-0.1, -0.05) is 6.07 Å². The molecular weight excluding hydrogens is 273 g/mol. The summed E-state index contributed by atoms with van der Waals surface area (Å²) in [5, 5.41) is 14.0. The Balaban J connectivity index is 1.78. The number of halogens is 1. The van der Waals surface area contributed by atoms with E-state index >= 15 is 0 Å². The highest BCUT2D eigenvalue weighted by Crippen LogP contribution is 2.52. The lowest BCUT2D eigenvalue weighted by Crippen LogP contribution is -2.43. The molecule has 2 aliphatic carbocycles. The minimum absolute atomic E-state index is 0.0468. The second-order valence-electron chi connectivity index (χ2n) is 6.16. The van der Waals surface area contributed by atoms with Crippen LogP contribution in [0.15, 0.2) is 18.2 Å². The maximum absolute atomic E-state index is 13.5. The lowest BCUT2D eigenvalue weighted by molar-refractivity contribution is -0.314. The zero-order chi connectivity index (χ0) is 15.1. The SMILES string of the molecule is Cc1ccc(NC(=O)[C@H]2[C@H]3CC[C@@H](C3)[C@@H]2C(=O)[O-])cc1F. The molecule has 5 heteroatoms. The van der Waals surface area contributed by atoms with Gasteiger partial charge in [-0.3, -0.25) is 4.79 Å². The van der Waals surface area contributed by atoms with Crippen molar-refractivity contribution in [3.63, 3.8) is 0 Å². The van der Waals surface area contributed by atoms with Crippen molar-refractivity contribution >= 4 is 17.6 Å². The average molecular weight is 290 g/mol. The van der Waals surface area contributed by atoms with Crippen LogP contribution in [-0.4, -0.2) is 11.9 Å². The molecule has 3 rings (SSSR count). The predicted molar refractivity (Wildman–Crippen MR) is 72.6 cm³/mol. The molecule has 0 saturated heterocycles. The van der Waals surface area contributed by atoms with E-state index in [4.69, 9.17) is 0 Å². The third kappa shape index (κ3) is 2.41. The number of hydrogen-bond acceptors (Lipinski definition) is 3. The van der Waals surface area contributed by atoms with Gasteiger partial charge in [-0.25, -0.2) is 4.39 Å².